The minimum Gasteiger partial charge on any atom is -0.477 e. The van der Waals surface area contributed by atoms with E-state index in [1.54, 1.807) is 6.33 Å². The van der Waals surface area contributed by atoms with Crippen LogP contribution in [-0.2, 0) is 6.54 Å². The Hall–Kier alpha value is -1.95. The molecule has 3 rings (SSSR count). The molecule has 2 aromatic rings. The molecule has 1 aliphatic rings. The monoisotopic (exact) mass is 316 g/mol. The maximum absolute atomic E-state index is 5.92. The zero-order valence-corrected chi connectivity index (χ0v) is 14.1. The van der Waals surface area contributed by atoms with Gasteiger partial charge in [-0.1, -0.05) is 5.16 Å². The van der Waals surface area contributed by atoms with Crippen molar-refractivity contribution in [2.75, 3.05) is 19.7 Å². The first-order valence-electron chi connectivity index (χ1n) is 8.17. The van der Waals surface area contributed by atoms with Crippen molar-refractivity contribution in [3.8, 4) is 5.88 Å². The van der Waals surface area contributed by atoms with Gasteiger partial charge in [-0.15, -0.1) is 0 Å². The fourth-order valence-corrected chi connectivity index (χ4v) is 2.89. The van der Waals surface area contributed by atoms with Crippen molar-refractivity contribution in [2.24, 2.45) is 5.92 Å². The fraction of sp³-hybridized carbons (Fsp3) is 0.588. The van der Waals surface area contributed by atoms with Crippen LogP contribution in [0.5, 0.6) is 5.88 Å². The number of likely N-dealkylation sites (tertiary alicyclic amines) is 1. The van der Waals surface area contributed by atoms with Crippen molar-refractivity contribution < 1.29 is 9.26 Å². The van der Waals surface area contributed by atoms with Crippen LogP contribution in [0.1, 0.15) is 35.6 Å². The molecule has 0 aliphatic carbocycles. The molecule has 0 unspecified atom stereocenters. The number of hydrogen-bond acceptors (Lipinski definition) is 6. The number of nitrogens with zero attached hydrogens (tertiary/aromatic N) is 4. The largest absolute Gasteiger partial charge is 0.477 e. The highest BCUT2D eigenvalue weighted by molar-refractivity contribution is 5.26. The van der Waals surface area contributed by atoms with E-state index < -0.39 is 0 Å². The highest BCUT2D eigenvalue weighted by atomic mass is 16.5. The van der Waals surface area contributed by atoms with Crippen LogP contribution in [0.25, 0.3) is 0 Å². The molecule has 0 bridgehead atoms. The molecule has 0 aromatic carbocycles. The number of ether oxygens (including phenoxy) is 1. The van der Waals surface area contributed by atoms with E-state index in [0.717, 1.165) is 67.7 Å². The second-order valence-corrected chi connectivity index (χ2v) is 6.35. The Morgan fingerprint density at radius 2 is 2.00 bits per heavy atom. The normalized spacial score (nSPS) is 16.7. The summed E-state index contributed by atoms with van der Waals surface area (Å²) in [5.74, 6) is 2.18. The van der Waals surface area contributed by atoms with Crippen molar-refractivity contribution in [1.82, 2.24) is 20.0 Å². The van der Waals surface area contributed by atoms with Crippen LogP contribution in [0.3, 0.4) is 0 Å². The Morgan fingerprint density at radius 3 is 2.70 bits per heavy atom. The van der Waals surface area contributed by atoms with Gasteiger partial charge in [0.2, 0.25) is 5.88 Å². The summed E-state index contributed by atoms with van der Waals surface area (Å²) in [7, 11) is 0. The summed E-state index contributed by atoms with van der Waals surface area (Å²) in [5, 5.41) is 4.07. The Morgan fingerprint density at radius 1 is 1.22 bits per heavy atom. The molecule has 0 atom stereocenters. The predicted octanol–water partition coefficient (Wildman–Crippen LogP) is 2.68. The van der Waals surface area contributed by atoms with Gasteiger partial charge in [0, 0.05) is 23.9 Å². The van der Waals surface area contributed by atoms with Gasteiger partial charge in [-0.2, -0.15) is 0 Å². The molecule has 3 heterocycles. The lowest BCUT2D eigenvalue weighted by atomic mass is 9.97. The van der Waals surface area contributed by atoms with Crippen LogP contribution in [-0.4, -0.2) is 39.7 Å². The average molecular weight is 316 g/mol. The van der Waals surface area contributed by atoms with E-state index in [2.05, 4.69) is 20.0 Å². The van der Waals surface area contributed by atoms with E-state index in [0.29, 0.717) is 5.92 Å². The number of rotatable bonds is 5. The summed E-state index contributed by atoms with van der Waals surface area (Å²) in [4.78, 5) is 10.8. The molecule has 1 aliphatic heterocycles. The maximum Gasteiger partial charge on any atom is 0.219 e. The van der Waals surface area contributed by atoms with Crippen LogP contribution >= 0.6 is 0 Å². The van der Waals surface area contributed by atoms with Gasteiger partial charge in [0.05, 0.1) is 12.3 Å². The molecule has 0 N–H and O–H groups in total. The lowest BCUT2D eigenvalue weighted by Crippen LogP contribution is -2.35. The van der Waals surface area contributed by atoms with Gasteiger partial charge in [-0.3, -0.25) is 4.90 Å². The van der Waals surface area contributed by atoms with Gasteiger partial charge in [0.1, 0.15) is 12.1 Å². The smallest absolute Gasteiger partial charge is 0.219 e. The third kappa shape index (κ3) is 4.07. The van der Waals surface area contributed by atoms with Gasteiger partial charge < -0.3 is 9.26 Å². The van der Waals surface area contributed by atoms with Crippen LogP contribution < -0.4 is 4.74 Å². The lowest BCUT2D eigenvalue weighted by molar-refractivity contribution is 0.132. The van der Waals surface area contributed by atoms with Crippen molar-refractivity contribution in [3.63, 3.8) is 0 Å². The van der Waals surface area contributed by atoms with Crippen molar-refractivity contribution in [1.29, 1.82) is 0 Å². The summed E-state index contributed by atoms with van der Waals surface area (Å²) in [6, 6.07) is 2.01. The van der Waals surface area contributed by atoms with Gasteiger partial charge >= 0.3 is 0 Å². The SMILES string of the molecule is Cc1cc(CN2CCC(COc3ncnc(C)c3C)CC2)no1. The molecular formula is C17H24N4O2. The molecule has 0 amide bonds. The first-order chi connectivity index (χ1) is 11.1. The van der Waals surface area contributed by atoms with Gasteiger partial charge in [-0.25, -0.2) is 9.97 Å². The van der Waals surface area contributed by atoms with Crippen LogP contribution in [0.15, 0.2) is 16.9 Å². The first-order valence-corrected chi connectivity index (χ1v) is 8.17. The molecule has 6 heteroatoms. The van der Waals surface area contributed by atoms with Crippen molar-refractivity contribution in [3.05, 3.63) is 35.1 Å². The standard InChI is InChI=1S/C17H24N4O2/c1-12-8-16(20-23-12)9-21-6-4-15(5-7-21)10-22-17-13(2)14(3)18-11-19-17/h8,11,15H,4-7,9-10H2,1-3H3. The van der Waals surface area contributed by atoms with Crippen LogP contribution in [0.2, 0.25) is 0 Å². The zero-order valence-electron chi connectivity index (χ0n) is 14.1. The van der Waals surface area contributed by atoms with Crippen molar-refractivity contribution in [2.45, 2.75) is 40.2 Å². The van der Waals surface area contributed by atoms with Crippen LogP contribution in [0, 0.1) is 26.7 Å². The molecule has 1 saturated heterocycles. The average Bonchev–Trinajstić information content (AvgIpc) is 2.95. The number of aromatic nitrogens is 3. The summed E-state index contributed by atoms with van der Waals surface area (Å²) >= 11 is 0. The predicted molar refractivity (Wildman–Crippen MR) is 86.2 cm³/mol. The second kappa shape index (κ2) is 7.08. The molecule has 0 spiro atoms. The topological polar surface area (TPSA) is 64.3 Å². The third-order valence-electron chi connectivity index (χ3n) is 4.52. The lowest BCUT2D eigenvalue weighted by Gasteiger charge is -2.31. The van der Waals surface area contributed by atoms with Gasteiger partial charge in [0.15, 0.2) is 0 Å². The number of hydrogen-bond donors (Lipinski definition) is 0. The second-order valence-electron chi connectivity index (χ2n) is 6.35. The number of aryl methyl sites for hydroxylation is 2. The quantitative estimate of drug-likeness (QED) is 0.845. The molecule has 124 valence electrons. The minimum absolute atomic E-state index is 0.583. The molecule has 2 aromatic heterocycles. The number of piperidine rings is 1. The highest BCUT2D eigenvalue weighted by Crippen LogP contribution is 2.22. The first kappa shape index (κ1) is 15.9. The molecule has 1 fully saturated rings. The Kier molecular flexibility index (Phi) is 4.91. The Bertz CT molecular complexity index is 648. The maximum atomic E-state index is 5.92. The van der Waals surface area contributed by atoms with Crippen LogP contribution in [0.4, 0.5) is 0 Å². The zero-order chi connectivity index (χ0) is 16.2. The third-order valence-corrected chi connectivity index (χ3v) is 4.52. The van der Waals surface area contributed by atoms with E-state index in [-0.39, 0.29) is 0 Å². The van der Waals surface area contributed by atoms with E-state index >= 15 is 0 Å². The summed E-state index contributed by atoms with van der Waals surface area (Å²) in [6.07, 6.45) is 3.85. The van der Waals surface area contributed by atoms with E-state index in [9.17, 15) is 0 Å². The molecule has 0 radical (unpaired) electrons. The summed E-state index contributed by atoms with van der Waals surface area (Å²) in [6.45, 7) is 9.66. The van der Waals surface area contributed by atoms with E-state index in [1.807, 2.05) is 26.8 Å². The van der Waals surface area contributed by atoms with Crippen molar-refractivity contribution >= 4 is 0 Å². The highest BCUT2D eigenvalue weighted by Gasteiger charge is 2.21. The molecule has 0 saturated carbocycles. The molecule has 6 nitrogen and oxygen atoms in total. The Labute approximate surface area is 136 Å². The molecule has 23 heavy (non-hydrogen) atoms. The van der Waals surface area contributed by atoms with Gasteiger partial charge in [-0.05, 0) is 52.6 Å². The minimum atomic E-state index is 0.583. The van der Waals surface area contributed by atoms with E-state index in [4.69, 9.17) is 9.26 Å². The Balaban J connectivity index is 1.45. The van der Waals surface area contributed by atoms with E-state index in [1.165, 1.54) is 0 Å². The summed E-state index contributed by atoms with van der Waals surface area (Å²) < 4.78 is 11.0. The fourth-order valence-electron chi connectivity index (χ4n) is 2.89. The summed E-state index contributed by atoms with van der Waals surface area (Å²) in [5.41, 5.74) is 3.03. The van der Waals surface area contributed by atoms with Gasteiger partial charge in [0.25, 0.3) is 0 Å². The molecular weight excluding hydrogens is 292 g/mol.